The van der Waals surface area contributed by atoms with E-state index in [0.29, 0.717) is 30.4 Å². The summed E-state index contributed by atoms with van der Waals surface area (Å²) in [5.41, 5.74) is 0.584. The number of rotatable bonds is 8. The van der Waals surface area contributed by atoms with Crippen molar-refractivity contribution in [1.29, 1.82) is 0 Å². The Labute approximate surface area is 180 Å². The molecule has 1 unspecified atom stereocenters. The fourth-order valence-electron chi connectivity index (χ4n) is 2.36. The first-order chi connectivity index (χ1) is 13.0. The predicted molar refractivity (Wildman–Crippen MR) is 118 cm³/mol. The molecule has 0 heterocycles. The molecule has 0 radical (unpaired) electrons. The largest absolute Gasteiger partial charge is 0.489 e. The van der Waals surface area contributed by atoms with Gasteiger partial charge < -0.3 is 15.4 Å². The third-order valence-corrected chi connectivity index (χ3v) is 3.65. The van der Waals surface area contributed by atoms with Gasteiger partial charge in [0, 0.05) is 12.6 Å². The topological polar surface area (TPSA) is 88.8 Å². The van der Waals surface area contributed by atoms with E-state index in [4.69, 9.17) is 4.74 Å². The standard InChI is InChI=1S/C19H23FN4O3.HI/c1-3-21-19(23-13-15-6-4-5-7-18(15)24(25)26)22-12-14(2)27-17-10-8-16(20)9-11-17;/h4-11,14H,3,12-13H2,1-2H3,(H2,21,22,23);1H. The summed E-state index contributed by atoms with van der Waals surface area (Å²) in [6.45, 7) is 5.10. The Bertz CT molecular complexity index is 787. The molecule has 9 heteroatoms. The molecule has 1 atom stereocenters. The zero-order valence-corrected chi connectivity index (χ0v) is 18.1. The number of guanidine groups is 1. The van der Waals surface area contributed by atoms with E-state index in [1.165, 1.54) is 18.2 Å². The molecule has 2 rings (SSSR count). The molecular weight excluding hydrogens is 478 g/mol. The molecule has 0 saturated heterocycles. The molecule has 0 amide bonds. The number of aliphatic imine (C=N–C) groups is 1. The minimum absolute atomic E-state index is 0. The molecule has 0 aliphatic heterocycles. The van der Waals surface area contributed by atoms with Crippen LogP contribution in [0.3, 0.4) is 0 Å². The highest BCUT2D eigenvalue weighted by atomic mass is 127. The minimum atomic E-state index is -0.413. The molecule has 0 aromatic heterocycles. The molecule has 0 spiro atoms. The van der Waals surface area contributed by atoms with Gasteiger partial charge in [-0.05, 0) is 38.1 Å². The lowest BCUT2D eigenvalue weighted by atomic mass is 10.2. The van der Waals surface area contributed by atoms with Crippen LogP contribution in [-0.2, 0) is 6.54 Å². The number of nitro groups is 1. The summed E-state index contributed by atoms with van der Waals surface area (Å²) in [6, 6.07) is 12.3. The highest BCUT2D eigenvalue weighted by Gasteiger charge is 2.12. The second kappa shape index (κ2) is 12.1. The van der Waals surface area contributed by atoms with Crippen LogP contribution in [0.1, 0.15) is 19.4 Å². The number of para-hydroxylation sites is 1. The predicted octanol–water partition coefficient (Wildman–Crippen LogP) is 3.87. The lowest BCUT2D eigenvalue weighted by Crippen LogP contribution is -2.41. The summed E-state index contributed by atoms with van der Waals surface area (Å²) in [7, 11) is 0. The van der Waals surface area contributed by atoms with Gasteiger partial charge in [0.2, 0.25) is 0 Å². The Morgan fingerprint density at radius 1 is 1.21 bits per heavy atom. The van der Waals surface area contributed by atoms with Gasteiger partial charge in [-0.2, -0.15) is 0 Å². The molecule has 0 fully saturated rings. The van der Waals surface area contributed by atoms with Gasteiger partial charge in [-0.15, -0.1) is 24.0 Å². The molecule has 7 nitrogen and oxygen atoms in total. The Balaban J connectivity index is 0.00000392. The van der Waals surface area contributed by atoms with E-state index in [9.17, 15) is 14.5 Å². The Morgan fingerprint density at radius 3 is 2.54 bits per heavy atom. The minimum Gasteiger partial charge on any atom is -0.489 e. The highest BCUT2D eigenvalue weighted by Crippen LogP contribution is 2.18. The summed E-state index contributed by atoms with van der Waals surface area (Å²) in [4.78, 5) is 15.1. The van der Waals surface area contributed by atoms with Crippen molar-refractivity contribution in [3.8, 4) is 5.75 Å². The smallest absolute Gasteiger partial charge is 0.274 e. The normalized spacial score (nSPS) is 11.9. The maximum atomic E-state index is 12.9. The molecule has 2 aromatic rings. The Hall–Kier alpha value is -2.43. The number of halogens is 2. The first-order valence-electron chi connectivity index (χ1n) is 8.66. The Kier molecular flexibility index (Phi) is 10.2. The van der Waals surface area contributed by atoms with Crippen LogP contribution in [0, 0.1) is 15.9 Å². The van der Waals surface area contributed by atoms with Crippen LogP contribution in [0.5, 0.6) is 5.75 Å². The van der Waals surface area contributed by atoms with Crippen LogP contribution in [-0.4, -0.2) is 30.1 Å². The van der Waals surface area contributed by atoms with Crippen molar-refractivity contribution in [2.45, 2.75) is 26.5 Å². The third-order valence-electron chi connectivity index (χ3n) is 3.65. The summed E-state index contributed by atoms with van der Waals surface area (Å²) >= 11 is 0. The lowest BCUT2D eigenvalue weighted by Gasteiger charge is -2.17. The van der Waals surface area contributed by atoms with Crippen molar-refractivity contribution < 1.29 is 14.1 Å². The molecule has 28 heavy (non-hydrogen) atoms. The molecule has 0 aliphatic carbocycles. The maximum absolute atomic E-state index is 12.9. The van der Waals surface area contributed by atoms with Gasteiger partial charge in [-0.25, -0.2) is 9.38 Å². The summed E-state index contributed by atoms with van der Waals surface area (Å²) < 4.78 is 18.6. The molecule has 152 valence electrons. The molecule has 2 N–H and O–H groups in total. The van der Waals surface area contributed by atoms with Crippen molar-refractivity contribution in [3.63, 3.8) is 0 Å². The monoisotopic (exact) mass is 502 g/mol. The quantitative estimate of drug-likeness (QED) is 0.188. The van der Waals surface area contributed by atoms with Crippen molar-refractivity contribution in [1.82, 2.24) is 10.6 Å². The number of hydrogen-bond donors (Lipinski definition) is 2. The maximum Gasteiger partial charge on any atom is 0.274 e. The summed E-state index contributed by atoms with van der Waals surface area (Å²) in [6.07, 6.45) is -0.189. The van der Waals surface area contributed by atoms with Crippen molar-refractivity contribution in [2.24, 2.45) is 4.99 Å². The van der Waals surface area contributed by atoms with Crippen LogP contribution in [0.4, 0.5) is 10.1 Å². The third kappa shape index (κ3) is 7.67. The van der Waals surface area contributed by atoms with E-state index in [2.05, 4.69) is 15.6 Å². The SMILES string of the molecule is CCNC(=NCc1ccccc1[N+](=O)[O-])NCC(C)Oc1ccc(F)cc1.I. The van der Waals surface area contributed by atoms with Gasteiger partial charge in [-0.3, -0.25) is 10.1 Å². The number of nitrogens with zero attached hydrogens (tertiary/aromatic N) is 2. The fourth-order valence-corrected chi connectivity index (χ4v) is 2.36. The van der Waals surface area contributed by atoms with Crippen molar-refractivity contribution >= 4 is 35.6 Å². The van der Waals surface area contributed by atoms with Crippen molar-refractivity contribution in [3.05, 3.63) is 70.0 Å². The van der Waals surface area contributed by atoms with Gasteiger partial charge in [0.25, 0.3) is 5.69 Å². The second-order valence-electron chi connectivity index (χ2n) is 5.84. The average Bonchev–Trinajstić information content (AvgIpc) is 2.66. The first-order valence-corrected chi connectivity index (χ1v) is 8.66. The van der Waals surface area contributed by atoms with E-state index >= 15 is 0 Å². The van der Waals surface area contributed by atoms with Gasteiger partial charge in [-0.1, -0.05) is 18.2 Å². The molecule has 0 saturated carbocycles. The zero-order chi connectivity index (χ0) is 19.6. The van der Waals surface area contributed by atoms with E-state index < -0.39 is 4.92 Å². The van der Waals surface area contributed by atoms with Gasteiger partial charge >= 0.3 is 0 Å². The van der Waals surface area contributed by atoms with Crippen LogP contribution in [0.25, 0.3) is 0 Å². The van der Waals surface area contributed by atoms with E-state index in [0.717, 1.165) is 0 Å². The van der Waals surface area contributed by atoms with E-state index in [-0.39, 0.29) is 48.1 Å². The van der Waals surface area contributed by atoms with Crippen LogP contribution < -0.4 is 15.4 Å². The fraction of sp³-hybridized carbons (Fsp3) is 0.316. The second-order valence-corrected chi connectivity index (χ2v) is 5.84. The molecule has 0 aliphatic rings. The highest BCUT2D eigenvalue weighted by molar-refractivity contribution is 14.0. The van der Waals surface area contributed by atoms with Gasteiger partial charge in [0.05, 0.1) is 23.6 Å². The first kappa shape index (κ1) is 23.6. The summed E-state index contributed by atoms with van der Waals surface area (Å²) in [5.74, 6) is 0.794. The molecule has 2 aromatic carbocycles. The van der Waals surface area contributed by atoms with Gasteiger partial charge in [0.1, 0.15) is 17.7 Å². The summed E-state index contributed by atoms with van der Waals surface area (Å²) in [5, 5.41) is 17.3. The van der Waals surface area contributed by atoms with Crippen LogP contribution in [0.15, 0.2) is 53.5 Å². The number of benzene rings is 2. The van der Waals surface area contributed by atoms with Gasteiger partial charge in [0.15, 0.2) is 5.96 Å². The van der Waals surface area contributed by atoms with Crippen LogP contribution in [0.2, 0.25) is 0 Å². The Morgan fingerprint density at radius 2 is 1.89 bits per heavy atom. The number of ether oxygens (including phenoxy) is 1. The van der Waals surface area contributed by atoms with Crippen molar-refractivity contribution in [2.75, 3.05) is 13.1 Å². The van der Waals surface area contributed by atoms with Crippen LogP contribution >= 0.6 is 24.0 Å². The zero-order valence-electron chi connectivity index (χ0n) is 15.7. The van der Waals surface area contributed by atoms with E-state index in [1.807, 2.05) is 13.8 Å². The number of hydrogen-bond acceptors (Lipinski definition) is 4. The average molecular weight is 502 g/mol. The number of nitro benzene ring substituents is 1. The molecule has 0 bridgehead atoms. The lowest BCUT2D eigenvalue weighted by molar-refractivity contribution is -0.385. The van der Waals surface area contributed by atoms with E-state index in [1.54, 1.807) is 30.3 Å². The molecular formula is C19H24FIN4O3. The number of nitrogens with one attached hydrogen (secondary N) is 2.